The van der Waals surface area contributed by atoms with Crippen molar-refractivity contribution in [3.05, 3.63) is 65.1 Å². The van der Waals surface area contributed by atoms with E-state index in [0.717, 1.165) is 33.0 Å². The summed E-state index contributed by atoms with van der Waals surface area (Å²) in [5, 5.41) is 0. The average Bonchev–Trinajstić information content (AvgIpc) is 2.75. The Hall–Kier alpha value is -2.86. The van der Waals surface area contributed by atoms with Gasteiger partial charge in [-0.25, -0.2) is 0 Å². The second kappa shape index (κ2) is 8.89. The van der Waals surface area contributed by atoms with Crippen molar-refractivity contribution in [1.82, 2.24) is 0 Å². The molecule has 0 spiro atoms. The summed E-state index contributed by atoms with van der Waals surface area (Å²) in [5.41, 5.74) is 2.75. The highest BCUT2D eigenvalue weighted by atomic mass is 79.9. The van der Waals surface area contributed by atoms with Crippen molar-refractivity contribution < 1.29 is 18.9 Å². The number of nitrogens with zero attached hydrogens (tertiary/aromatic N) is 1. The van der Waals surface area contributed by atoms with E-state index in [1.165, 1.54) is 0 Å². The molecule has 0 saturated carbocycles. The van der Waals surface area contributed by atoms with Crippen molar-refractivity contribution in [1.29, 1.82) is 0 Å². The lowest BCUT2D eigenvalue weighted by Crippen LogP contribution is -2.11. The zero-order chi connectivity index (χ0) is 20.1. The molecule has 0 aliphatic carbocycles. The van der Waals surface area contributed by atoms with Crippen LogP contribution in [0.3, 0.4) is 0 Å². The Morgan fingerprint density at radius 1 is 0.607 bits per heavy atom. The minimum Gasteiger partial charge on any atom is -0.497 e. The first-order chi connectivity index (χ1) is 13.6. The number of benzene rings is 3. The molecule has 0 saturated heterocycles. The summed E-state index contributed by atoms with van der Waals surface area (Å²) in [4.78, 5) is 2.09. The third-order valence-electron chi connectivity index (χ3n) is 4.36. The summed E-state index contributed by atoms with van der Waals surface area (Å²) in [6.07, 6.45) is 0. The van der Waals surface area contributed by atoms with Crippen molar-refractivity contribution >= 4 is 33.0 Å². The first-order valence-electron chi connectivity index (χ1n) is 8.61. The Bertz CT molecular complexity index is 879. The van der Waals surface area contributed by atoms with Gasteiger partial charge >= 0.3 is 0 Å². The quantitative estimate of drug-likeness (QED) is 0.450. The molecule has 6 heteroatoms. The van der Waals surface area contributed by atoms with E-state index in [1.54, 1.807) is 28.4 Å². The maximum atomic E-state index is 5.66. The highest BCUT2D eigenvalue weighted by Gasteiger charge is 2.19. The molecule has 0 bridgehead atoms. The van der Waals surface area contributed by atoms with Crippen LogP contribution in [-0.4, -0.2) is 28.4 Å². The Labute approximate surface area is 173 Å². The molecule has 3 aromatic carbocycles. The highest BCUT2D eigenvalue weighted by molar-refractivity contribution is 9.10. The van der Waals surface area contributed by atoms with Crippen LogP contribution in [0.4, 0.5) is 17.1 Å². The minimum absolute atomic E-state index is 0.708. The molecule has 0 amide bonds. The summed E-state index contributed by atoms with van der Waals surface area (Å²) in [5.74, 6) is 3.00. The van der Waals surface area contributed by atoms with Crippen molar-refractivity contribution in [2.75, 3.05) is 33.3 Å². The number of methoxy groups -OCH3 is 4. The third kappa shape index (κ3) is 4.02. The zero-order valence-corrected chi connectivity index (χ0v) is 17.8. The fourth-order valence-electron chi connectivity index (χ4n) is 2.91. The van der Waals surface area contributed by atoms with Gasteiger partial charge in [-0.1, -0.05) is 0 Å². The van der Waals surface area contributed by atoms with Crippen LogP contribution in [-0.2, 0) is 0 Å². The summed E-state index contributed by atoms with van der Waals surface area (Å²) in [6, 6.07) is 19.5. The molecule has 0 heterocycles. The van der Waals surface area contributed by atoms with Gasteiger partial charge in [0.1, 0.15) is 23.0 Å². The molecule has 5 nitrogen and oxygen atoms in total. The number of rotatable bonds is 7. The zero-order valence-electron chi connectivity index (χ0n) is 16.2. The fourth-order valence-corrected chi connectivity index (χ4v) is 3.39. The van der Waals surface area contributed by atoms with Crippen molar-refractivity contribution in [3.63, 3.8) is 0 Å². The van der Waals surface area contributed by atoms with Gasteiger partial charge in [0.15, 0.2) is 0 Å². The predicted octanol–water partition coefficient (Wildman–Crippen LogP) is 5.95. The van der Waals surface area contributed by atoms with Gasteiger partial charge in [0.2, 0.25) is 0 Å². The van der Waals surface area contributed by atoms with Crippen molar-refractivity contribution in [2.45, 2.75) is 0 Å². The van der Waals surface area contributed by atoms with E-state index >= 15 is 0 Å². The van der Waals surface area contributed by atoms with Crippen LogP contribution in [0.5, 0.6) is 23.0 Å². The number of hydrogen-bond acceptors (Lipinski definition) is 5. The molecular weight excluding hydrogens is 422 g/mol. The molecule has 0 radical (unpaired) electrons. The topological polar surface area (TPSA) is 40.2 Å². The van der Waals surface area contributed by atoms with Gasteiger partial charge in [0, 0.05) is 23.5 Å². The van der Waals surface area contributed by atoms with Crippen LogP contribution >= 0.6 is 15.9 Å². The maximum Gasteiger partial charge on any atom is 0.144 e. The molecule has 3 rings (SSSR count). The lowest BCUT2D eigenvalue weighted by Gasteiger charge is -2.28. The van der Waals surface area contributed by atoms with E-state index in [-0.39, 0.29) is 0 Å². The molecule has 3 aromatic rings. The van der Waals surface area contributed by atoms with E-state index in [2.05, 4.69) is 20.8 Å². The molecule has 0 fully saturated rings. The van der Waals surface area contributed by atoms with E-state index < -0.39 is 0 Å². The average molecular weight is 444 g/mol. The summed E-state index contributed by atoms with van der Waals surface area (Å²) < 4.78 is 22.6. The maximum absolute atomic E-state index is 5.66. The Morgan fingerprint density at radius 3 is 1.46 bits per heavy atom. The first kappa shape index (κ1) is 19.9. The molecule has 0 aliphatic rings. The normalized spacial score (nSPS) is 10.3. The van der Waals surface area contributed by atoms with Gasteiger partial charge in [-0.05, 0) is 64.5 Å². The minimum atomic E-state index is 0.708. The Kier molecular flexibility index (Phi) is 6.31. The van der Waals surface area contributed by atoms with Gasteiger partial charge in [-0.2, -0.15) is 0 Å². The number of hydrogen-bond donors (Lipinski definition) is 0. The van der Waals surface area contributed by atoms with Gasteiger partial charge < -0.3 is 23.8 Å². The second-order valence-electron chi connectivity index (χ2n) is 5.89. The standard InChI is InChI=1S/C22H22BrNO4/c1-25-17-9-5-15(6-10-17)24(16-7-11-18(26-2)12-8-16)20-14-21(27-3)19(23)13-22(20)28-4/h5-14H,1-4H3. The molecule has 0 atom stereocenters. The lowest BCUT2D eigenvalue weighted by atomic mass is 10.1. The molecule has 0 aliphatic heterocycles. The summed E-state index contributed by atoms with van der Waals surface area (Å²) >= 11 is 3.53. The lowest BCUT2D eigenvalue weighted by molar-refractivity contribution is 0.402. The summed E-state index contributed by atoms with van der Waals surface area (Å²) in [7, 11) is 6.59. The van der Waals surface area contributed by atoms with Gasteiger partial charge in [0.25, 0.3) is 0 Å². The van der Waals surface area contributed by atoms with Gasteiger partial charge in [-0.15, -0.1) is 0 Å². The van der Waals surface area contributed by atoms with Crippen LogP contribution in [0.15, 0.2) is 65.1 Å². The molecule has 0 unspecified atom stereocenters. The van der Waals surface area contributed by atoms with E-state index in [9.17, 15) is 0 Å². The smallest absolute Gasteiger partial charge is 0.144 e. The van der Waals surface area contributed by atoms with Crippen LogP contribution in [0.2, 0.25) is 0 Å². The van der Waals surface area contributed by atoms with E-state index in [4.69, 9.17) is 18.9 Å². The fraction of sp³-hybridized carbons (Fsp3) is 0.182. The van der Waals surface area contributed by atoms with E-state index in [0.29, 0.717) is 11.5 Å². The van der Waals surface area contributed by atoms with Gasteiger partial charge in [0.05, 0.1) is 38.6 Å². The molecule has 0 N–H and O–H groups in total. The number of halogens is 1. The molecule has 0 aromatic heterocycles. The molecular formula is C22H22BrNO4. The SMILES string of the molecule is COc1ccc(N(c2ccc(OC)cc2)c2cc(OC)c(Br)cc2OC)cc1. The van der Waals surface area contributed by atoms with Crippen LogP contribution in [0.1, 0.15) is 0 Å². The first-order valence-corrected chi connectivity index (χ1v) is 9.40. The summed E-state index contributed by atoms with van der Waals surface area (Å²) in [6.45, 7) is 0. The monoisotopic (exact) mass is 443 g/mol. The van der Waals surface area contributed by atoms with Crippen molar-refractivity contribution in [3.8, 4) is 23.0 Å². The predicted molar refractivity (Wildman–Crippen MR) is 115 cm³/mol. The van der Waals surface area contributed by atoms with Crippen LogP contribution in [0, 0.1) is 0 Å². The second-order valence-corrected chi connectivity index (χ2v) is 6.74. The molecule has 28 heavy (non-hydrogen) atoms. The number of ether oxygens (including phenoxy) is 4. The highest BCUT2D eigenvalue weighted by Crippen LogP contribution is 2.45. The van der Waals surface area contributed by atoms with Gasteiger partial charge in [-0.3, -0.25) is 0 Å². The number of anilines is 3. The largest absolute Gasteiger partial charge is 0.497 e. The van der Waals surface area contributed by atoms with Crippen LogP contribution < -0.4 is 23.8 Å². The Balaban J connectivity index is 2.20. The molecule has 146 valence electrons. The van der Waals surface area contributed by atoms with Crippen LogP contribution in [0.25, 0.3) is 0 Å². The van der Waals surface area contributed by atoms with E-state index in [1.807, 2.05) is 60.7 Å². The third-order valence-corrected chi connectivity index (χ3v) is 4.98. The Morgan fingerprint density at radius 2 is 1.07 bits per heavy atom. The van der Waals surface area contributed by atoms with Crippen molar-refractivity contribution in [2.24, 2.45) is 0 Å².